The Labute approximate surface area is 123 Å². The Kier molecular flexibility index (Phi) is 4.37. The highest BCUT2D eigenvalue weighted by atomic mass is 79.9. The normalized spacial score (nSPS) is 10.7. The summed E-state index contributed by atoms with van der Waals surface area (Å²) in [6.07, 6.45) is 0.325. The van der Waals surface area contributed by atoms with Crippen LogP contribution in [-0.4, -0.2) is 18.9 Å². The second kappa shape index (κ2) is 5.84. The molecule has 0 aliphatic rings. The van der Waals surface area contributed by atoms with Crippen LogP contribution in [0.2, 0.25) is 0 Å². The van der Waals surface area contributed by atoms with Crippen LogP contribution in [0.15, 0.2) is 22.7 Å². The number of hydrogen-bond donors (Lipinski definition) is 0. The summed E-state index contributed by atoms with van der Waals surface area (Å²) >= 11 is 4.95. The first-order chi connectivity index (χ1) is 9.01. The number of esters is 1. The summed E-state index contributed by atoms with van der Waals surface area (Å²) in [5, 5.41) is 1.05. The van der Waals surface area contributed by atoms with Crippen molar-refractivity contribution in [2.45, 2.75) is 19.8 Å². The largest absolute Gasteiger partial charge is 0.469 e. The van der Waals surface area contributed by atoms with Crippen molar-refractivity contribution in [1.82, 2.24) is 0 Å². The van der Waals surface area contributed by atoms with E-state index in [9.17, 15) is 9.59 Å². The average molecular weight is 341 g/mol. The average Bonchev–Trinajstić information content (AvgIpc) is 2.79. The molecule has 1 aromatic carbocycles. The summed E-state index contributed by atoms with van der Waals surface area (Å²) in [4.78, 5) is 23.7. The van der Waals surface area contributed by atoms with Crippen molar-refractivity contribution in [1.29, 1.82) is 0 Å². The highest BCUT2D eigenvalue weighted by Gasteiger charge is 2.13. The number of benzene rings is 1. The number of methoxy groups -OCH3 is 1. The Morgan fingerprint density at radius 3 is 2.68 bits per heavy atom. The highest BCUT2D eigenvalue weighted by Crippen LogP contribution is 2.31. The van der Waals surface area contributed by atoms with E-state index in [1.807, 2.05) is 19.1 Å². The molecule has 0 aliphatic heterocycles. The molecule has 2 rings (SSSR count). The first-order valence-corrected chi connectivity index (χ1v) is 7.42. The smallest absolute Gasteiger partial charge is 0.305 e. The molecular weight excluding hydrogens is 328 g/mol. The van der Waals surface area contributed by atoms with Gasteiger partial charge in [-0.3, -0.25) is 9.59 Å². The molecule has 0 unspecified atom stereocenters. The van der Waals surface area contributed by atoms with Gasteiger partial charge in [-0.2, -0.15) is 0 Å². The number of carbonyl (C=O) groups is 2. The minimum Gasteiger partial charge on any atom is -0.469 e. The molecule has 100 valence electrons. The molecule has 3 nitrogen and oxygen atoms in total. The monoisotopic (exact) mass is 340 g/mol. The van der Waals surface area contributed by atoms with Gasteiger partial charge in [0.2, 0.25) is 0 Å². The molecule has 0 N–H and O–H groups in total. The number of aryl methyl sites for hydroxylation is 1. The predicted molar refractivity (Wildman–Crippen MR) is 79.8 cm³/mol. The fourth-order valence-corrected chi connectivity index (χ4v) is 3.21. The van der Waals surface area contributed by atoms with Gasteiger partial charge in [0.05, 0.1) is 18.4 Å². The molecule has 0 spiro atoms. The standard InChI is InChI=1S/C14H13BrO3S/c1-8-5-12-9(6-10(8)15)7-13(19-12)11(16)3-4-14(17)18-2/h5-7H,3-4H2,1-2H3. The topological polar surface area (TPSA) is 43.4 Å². The van der Waals surface area contributed by atoms with Crippen LogP contribution in [0.3, 0.4) is 0 Å². The Morgan fingerprint density at radius 2 is 2.00 bits per heavy atom. The number of thiophene rings is 1. The van der Waals surface area contributed by atoms with Gasteiger partial charge in [0.15, 0.2) is 5.78 Å². The molecule has 0 aliphatic carbocycles. The summed E-state index contributed by atoms with van der Waals surface area (Å²) < 4.78 is 6.65. The number of halogens is 1. The molecule has 1 aromatic heterocycles. The molecular formula is C14H13BrO3S. The van der Waals surface area contributed by atoms with Crippen molar-refractivity contribution in [3.05, 3.63) is 33.1 Å². The third kappa shape index (κ3) is 3.22. The van der Waals surface area contributed by atoms with Gasteiger partial charge < -0.3 is 4.74 Å². The summed E-state index contributed by atoms with van der Waals surface area (Å²) in [5.41, 5.74) is 1.14. The molecule has 1 heterocycles. The molecule has 19 heavy (non-hydrogen) atoms. The number of rotatable bonds is 4. The summed E-state index contributed by atoms with van der Waals surface area (Å²) in [6.45, 7) is 2.02. The van der Waals surface area contributed by atoms with E-state index >= 15 is 0 Å². The Hall–Kier alpha value is -1.20. The molecule has 5 heteroatoms. The van der Waals surface area contributed by atoms with E-state index < -0.39 is 0 Å². The van der Waals surface area contributed by atoms with Crippen molar-refractivity contribution in [2.24, 2.45) is 0 Å². The van der Waals surface area contributed by atoms with E-state index in [1.54, 1.807) is 0 Å². The van der Waals surface area contributed by atoms with Gasteiger partial charge in [0, 0.05) is 15.6 Å². The van der Waals surface area contributed by atoms with Gasteiger partial charge in [-0.05, 0) is 36.1 Å². The van der Waals surface area contributed by atoms with Gasteiger partial charge in [-0.25, -0.2) is 0 Å². The van der Waals surface area contributed by atoms with Gasteiger partial charge in [0.1, 0.15) is 0 Å². The van der Waals surface area contributed by atoms with Crippen molar-refractivity contribution < 1.29 is 14.3 Å². The summed E-state index contributed by atoms with van der Waals surface area (Å²) in [5.74, 6) is -0.367. The molecule has 0 fully saturated rings. The lowest BCUT2D eigenvalue weighted by atomic mass is 10.1. The number of ketones is 1. The maximum Gasteiger partial charge on any atom is 0.305 e. The number of carbonyl (C=O) groups excluding carboxylic acids is 2. The van der Waals surface area contributed by atoms with Crippen molar-refractivity contribution in [3.63, 3.8) is 0 Å². The zero-order valence-corrected chi connectivity index (χ0v) is 13.1. The predicted octanol–water partition coefficient (Wildman–Crippen LogP) is 4.11. The Morgan fingerprint density at radius 1 is 1.26 bits per heavy atom. The molecule has 0 saturated heterocycles. The fraction of sp³-hybridized carbons (Fsp3) is 0.286. The Bertz CT molecular complexity index is 606. The van der Waals surface area contributed by atoms with Crippen LogP contribution in [0.5, 0.6) is 0 Å². The number of hydrogen-bond acceptors (Lipinski definition) is 4. The lowest BCUT2D eigenvalue weighted by Crippen LogP contribution is -2.04. The van der Waals surface area contributed by atoms with Crippen LogP contribution in [0.1, 0.15) is 28.1 Å². The van der Waals surface area contributed by atoms with Crippen LogP contribution < -0.4 is 0 Å². The number of fused-ring (bicyclic) bond motifs is 1. The molecule has 0 bridgehead atoms. The van der Waals surface area contributed by atoms with E-state index in [4.69, 9.17) is 0 Å². The number of Topliss-reactive ketones (excluding diaryl/α,β-unsaturated/α-hetero) is 1. The first-order valence-electron chi connectivity index (χ1n) is 5.81. The minimum absolute atomic E-state index is 0.0135. The van der Waals surface area contributed by atoms with Gasteiger partial charge in [-0.1, -0.05) is 15.9 Å². The third-order valence-electron chi connectivity index (χ3n) is 2.86. The van der Waals surface area contributed by atoms with E-state index in [0.717, 1.165) is 20.1 Å². The Balaban J connectivity index is 2.21. The zero-order chi connectivity index (χ0) is 14.0. The maximum absolute atomic E-state index is 12.0. The van der Waals surface area contributed by atoms with E-state index in [0.29, 0.717) is 4.88 Å². The quantitative estimate of drug-likeness (QED) is 0.621. The van der Waals surface area contributed by atoms with Gasteiger partial charge in [0.25, 0.3) is 0 Å². The molecule has 2 aromatic rings. The molecule has 0 amide bonds. The summed E-state index contributed by atoms with van der Waals surface area (Å²) in [7, 11) is 1.33. The van der Waals surface area contributed by atoms with Gasteiger partial charge in [-0.15, -0.1) is 11.3 Å². The van der Waals surface area contributed by atoms with E-state index in [-0.39, 0.29) is 24.6 Å². The highest BCUT2D eigenvalue weighted by molar-refractivity contribution is 9.10. The summed E-state index contributed by atoms with van der Waals surface area (Å²) in [6, 6.07) is 5.95. The minimum atomic E-state index is -0.354. The van der Waals surface area contributed by atoms with Gasteiger partial charge >= 0.3 is 5.97 Å². The second-order valence-corrected chi connectivity index (χ2v) is 6.19. The van der Waals surface area contributed by atoms with Crippen LogP contribution in [-0.2, 0) is 9.53 Å². The fourth-order valence-electron chi connectivity index (χ4n) is 1.74. The third-order valence-corrected chi connectivity index (χ3v) is 4.85. The molecule has 0 radical (unpaired) electrons. The lowest BCUT2D eigenvalue weighted by Gasteiger charge is -1.96. The molecule has 0 saturated carbocycles. The van der Waals surface area contributed by atoms with Crippen LogP contribution in [0, 0.1) is 6.92 Å². The van der Waals surface area contributed by atoms with Crippen LogP contribution in [0.25, 0.3) is 10.1 Å². The van der Waals surface area contributed by atoms with Crippen LogP contribution >= 0.6 is 27.3 Å². The van der Waals surface area contributed by atoms with E-state index in [2.05, 4.69) is 26.7 Å². The van der Waals surface area contributed by atoms with Crippen LogP contribution in [0.4, 0.5) is 0 Å². The SMILES string of the molecule is COC(=O)CCC(=O)c1cc2cc(Br)c(C)cc2s1. The van der Waals surface area contributed by atoms with Crippen molar-refractivity contribution in [2.75, 3.05) is 7.11 Å². The maximum atomic E-state index is 12.0. The van der Waals surface area contributed by atoms with Crippen molar-refractivity contribution in [3.8, 4) is 0 Å². The number of ether oxygens (including phenoxy) is 1. The lowest BCUT2D eigenvalue weighted by molar-refractivity contribution is -0.140. The zero-order valence-electron chi connectivity index (χ0n) is 10.7. The first kappa shape index (κ1) is 14.2. The molecule has 0 atom stereocenters. The van der Waals surface area contributed by atoms with Crippen molar-refractivity contribution >= 4 is 49.1 Å². The second-order valence-electron chi connectivity index (χ2n) is 4.25. The van der Waals surface area contributed by atoms with E-state index in [1.165, 1.54) is 18.4 Å².